The molecular weight excluding hydrogens is 214 g/mol. The van der Waals surface area contributed by atoms with Crippen molar-refractivity contribution in [2.45, 2.75) is 70.3 Å². The number of aliphatic hydroxyl groups is 1. The van der Waals surface area contributed by atoms with Gasteiger partial charge in [0, 0.05) is 12.0 Å². The molecule has 2 saturated carbocycles. The first-order valence-corrected chi connectivity index (χ1v) is 7.05. The van der Waals surface area contributed by atoms with Gasteiger partial charge in [-0.05, 0) is 25.7 Å². The van der Waals surface area contributed by atoms with Gasteiger partial charge in [-0.15, -0.1) is 0 Å². The van der Waals surface area contributed by atoms with Crippen LogP contribution < -0.4 is 5.32 Å². The van der Waals surface area contributed by atoms with E-state index in [1.807, 2.05) is 0 Å². The van der Waals surface area contributed by atoms with Crippen molar-refractivity contribution in [1.82, 2.24) is 5.32 Å². The van der Waals surface area contributed by atoms with Gasteiger partial charge in [-0.3, -0.25) is 4.79 Å². The van der Waals surface area contributed by atoms with Crippen molar-refractivity contribution in [2.24, 2.45) is 5.41 Å². The molecule has 1 amide bonds. The molecule has 0 aliphatic heterocycles. The molecule has 0 saturated heterocycles. The van der Waals surface area contributed by atoms with Crippen LogP contribution in [0.5, 0.6) is 0 Å². The molecule has 2 aliphatic carbocycles. The fraction of sp³-hybridized carbons (Fsp3) is 0.929. The lowest BCUT2D eigenvalue weighted by molar-refractivity contribution is -0.131. The number of hydrogen-bond acceptors (Lipinski definition) is 2. The summed E-state index contributed by atoms with van der Waals surface area (Å²) in [7, 11) is 0. The molecule has 2 rings (SSSR count). The summed E-state index contributed by atoms with van der Waals surface area (Å²) < 4.78 is 0. The number of amides is 1. The van der Waals surface area contributed by atoms with E-state index in [1.54, 1.807) is 0 Å². The lowest BCUT2D eigenvalue weighted by atomic mass is 9.83. The lowest BCUT2D eigenvalue weighted by Gasteiger charge is -2.33. The highest BCUT2D eigenvalue weighted by Gasteiger charge is 2.37. The normalized spacial score (nSPS) is 26.7. The Kier molecular flexibility index (Phi) is 3.76. The van der Waals surface area contributed by atoms with E-state index in [0.29, 0.717) is 6.54 Å². The molecule has 2 aliphatic rings. The zero-order valence-electron chi connectivity index (χ0n) is 10.9. The quantitative estimate of drug-likeness (QED) is 0.794. The highest BCUT2D eigenvalue weighted by Crippen LogP contribution is 2.37. The fourth-order valence-electron chi connectivity index (χ4n) is 3.23. The van der Waals surface area contributed by atoms with Crippen molar-refractivity contribution in [3.8, 4) is 0 Å². The van der Waals surface area contributed by atoms with Crippen LogP contribution in [0.4, 0.5) is 0 Å². The number of carbonyl (C=O) groups excluding carboxylic acids is 1. The highest BCUT2D eigenvalue weighted by atomic mass is 16.3. The maximum atomic E-state index is 12.1. The van der Waals surface area contributed by atoms with Crippen LogP contribution in [0.3, 0.4) is 0 Å². The third-order valence-electron chi connectivity index (χ3n) is 4.62. The SMILES string of the molecule is CC1(C(=O)NCC2(O)CCCCC2)CCCC1. The van der Waals surface area contributed by atoms with E-state index >= 15 is 0 Å². The Morgan fingerprint density at radius 3 is 2.18 bits per heavy atom. The minimum Gasteiger partial charge on any atom is -0.388 e. The molecule has 17 heavy (non-hydrogen) atoms. The first-order chi connectivity index (χ1) is 8.04. The molecule has 3 nitrogen and oxygen atoms in total. The summed E-state index contributed by atoms with van der Waals surface area (Å²) in [6, 6.07) is 0. The van der Waals surface area contributed by atoms with Gasteiger partial charge < -0.3 is 10.4 Å². The van der Waals surface area contributed by atoms with Crippen LogP contribution >= 0.6 is 0 Å². The molecule has 0 aromatic rings. The van der Waals surface area contributed by atoms with Gasteiger partial charge in [0.15, 0.2) is 0 Å². The van der Waals surface area contributed by atoms with Gasteiger partial charge >= 0.3 is 0 Å². The average Bonchev–Trinajstić information content (AvgIpc) is 2.75. The van der Waals surface area contributed by atoms with E-state index in [9.17, 15) is 9.90 Å². The van der Waals surface area contributed by atoms with Crippen LogP contribution in [0.2, 0.25) is 0 Å². The summed E-state index contributed by atoms with van der Waals surface area (Å²) in [5.74, 6) is 0.147. The molecule has 0 aromatic carbocycles. The summed E-state index contributed by atoms with van der Waals surface area (Å²) in [4.78, 5) is 12.1. The zero-order valence-corrected chi connectivity index (χ0v) is 10.9. The van der Waals surface area contributed by atoms with Crippen LogP contribution in [-0.4, -0.2) is 23.2 Å². The molecule has 98 valence electrons. The molecule has 0 atom stereocenters. The second-order valence-corrected chi connectivity index (χ2v) is 6.24. The molecule has 0 bridgehead atoms. The number of hydrogen-bond donors (Lipinski definition) is 2. The molecule has 0 spiro atoms. The van der Waals surface area contributed by atoms with Gasteiger partial charge in [0.1, 0.15) is 0 Å². The molecule has 2 fully saturated rings. The maximum Gasteiger partial charge on any atom is 0.226 e. The van der Waals surface area contributed by atoms with Crippen molar-refractivity contribution >= 4 is 5.91 Å². The van der Waals surface area contributed by atoms with Gasteiger partial charge in [-0.25, -0.2) is 0 Å². The van der Waals surface area contributed by atoms with Crippen molar-refractivity contribution < 1.29 is 9.90 Å². The molecule has 0 heterocycles. The smallest absolute Gasteiger partial charge is 0.226 e. The van der Waals surface area contributed by atoms with Crippen LogP contribution in [0, 0.1) is 5.41 Å². The molecule has 0 unspecified atom stereocenters. The van der Waals surface area contributed by atoms with Crippen LogP contribution in [-0.2, 0) is 4.79 Å². The van der Waals surface area contributed by atoms with Crippen molar-refractivity contribution in [1.29, 1.82) is 0 Å². The largest absolute Gasteiger partial charge is 0.388 e. The Morgan fingerprint density at radius 2 is 1.59 bits per heavy atom. The van der Waals surface area contributed by atoms with Crippen LogP contribution in [0.15, 0.2) is 0 Å². The second kappa shape index (κ2) is 4.97. The minimum absolute atomic E-state index is 0.147. The van der Waals surface area contributed by atoms with Crippen molar-refractivity contribution in [2.75, 3.05) is 6.54 Å². The molecule has 0 aromatic heterocycles. The summed E-state index contributed by atoms with van der Waals surface area (Å²) in [6.07, 6.45) is 9.38. The molecule has 3 heteroatoms. The third kappa shape index (κ3) is 3.01. The first-order valence-electron chi connectivity index (χ1n) is 7.05. The van der Waals surface area contributed by atoms with Gasteiger partial charge in [-0.1, -0.05) is 39.0 Å². The first kappa shape index (κ1) is 12.9. The van der Waals surface area contributed by atoms with Gasteiger partial charge in [0.25, 0.3) is 0 Å². The lowest BCUT2D eigenvalue weighted by Crippen LogP contribution is -2.47. The van der Waals surface area contributed by atoms with E-state index in [1.165, 1.54) is 6.42 Å². The monoisotopic (exact) mass is 239 g/mol. The molecule has 0 radical (unpaired) electrons. The van der Waals surface area contributed by atoms with Crippen LogP contribution in [0.1, 0.15) is 64.7 Å². The Hall–Kier alpha value is -0.570. The summed E-state index contributed by atoms with van der Waals surface area (Å²) in [5, 5.41) is 13.3. The second-order valence-electron chi connectivity index (χ2n) is 6.24. The maximum absolute atomic E-state index is 12.1. The summed E-state index contributed by atoms with van der Waals surface area (Å²) in [6.45, 7) is 2.50. The van der Waals surface area contributed by atoms with Gasteiger partial charge in [0.05, 0.1) is 5.60 Å². The van der Waals surface area contributed by atoms with E-state index in [4.69, 9.17) is 0 Å². The standard InChI is InChI=1S/C14H25NO2/c1-13(7-5-6-8-13)12(16)15-11-14(17)9-3-2-4-10-14/h17H,2-11H2,1H3,(H,15,16). The van der Waals surface area contributed by atoms with E-state index in [2.05, 4.69) is 12.2 Å². The number of nitrogens with one attached hydrogen (secondary N) is 1. The highest BCUT2D eigenvalue weighted by molar-refractivity contribution is 5.82. The summed E-state index contributed by atoms with van der Waals surface area (Å²) in [5.41, 5.74) is -0.812. The fourth-order valence-corrected chi connectivity index (χ4v) is 3.23. The predicted molar refractivity (Wildman–Crippen MR) is 67.6 cm³/mol. The van der Waals surface area contributed by atoms with E-state index in [0.717, 1.165) is 51.4 Å². The molecular formula is C14H25NO2. The predicted octanol–water partition coefficient (Wildman–Crippen LogP) is 2.38. The molecule has 2 N–H and O–H groups in total. The number of rotatable bonds is 3. The Balaban J connectivity index is 1.83. The topological polar surface area (TPSA) is 49.3 Å². The van der Waals surface area contributed by atoms with Crippen molar-refractivity contribution in [3.63, 3.8) is 0 Å². The van der Waals surface area contributed by atoms with Crippen molar-refractivity contribution in [3.05, 3.63) is 0 Å². The Labute approximate surface area is 104 Å². The summed E-state index contributed by atoms with van der Waals surface area (Å²) >= 11 is 0. The number of carbonyl (C=O) groups is 1. The Bertz CT molecular complexity index is 276. The van der Waals surface area contributed by atoms with Crippen LogP contribution in [0.25, 0.3) is 0 Å². The van der Waals surface area contributed by atoms with E-state index < -0.39 is 5.60 Å². The average molecular weight is 239 g/mol. The third-order valence-corrected chi connectivity index (χ3v) is 4.62. The minimum atomic E-state index is -0.636. The van der Waals surface area contributed by atoms with Gasteiger partial charge in [-0.2, -0.15) is 0 Å². The van der Waals surface area contributed by atoms with Gasteiger partial charge in [0.2, 0.25) is 5.91 Å². The zero-order chi connectivity index (χ0) is 12.4. The van der Waals surface area contributed by atoms with E-state index in [-0.39, 0.29) is 11.3 Å². The Morgan fingerprint density at radius 1 is 1.06 bits per heavy atom.